The summed E-state index contributed by atoms with van der Waals surface area (Å²) in [5.74, 6) is 0.406. The first kappa shape index (κ1) is 10.5. The topological polar surface area (TPSA) is 71.5 Å². The molecule has 0 aliphatic carbocycles. The molecule has 0 spiro atoms. The van der Waals surface area contributed by atoms with Crippen LogP contribution in [0.15, 0.2) is 18.3 Å². The third-order valence-corrected chi connectivity index (χ3v) is 2.16. The first-order valence-electron chi connectivity index (χ1n) is 5.03. The number of hydrogen-bond acceptors (Lipinski definition) is 4. The summed E-state index contributed by atoms with van der Waals surface area (Å²) in [6.45, 7) is 1.48. The van der Waals surface area contributed by atoms with Crippen molar-refractivity contribution in [3.05, 3.63) is 23.9 Å². The Labute approximate surface area is 92.8 Å². The Bertz CT molecular complexity index is 429. The highest BCUT2D eigenvalue weighted by Crippen LogP contribution is 2.25. The second-order valence-corrected chi connectivity index (χ2v) is 3.42. The molecule has 0 bridgehead atoms. The number of anilines is 1. The van der Waals surface area contributed by atoms with Crippen molar-refractivity contribution < 1.29 is 14.6 Å². The Kier molecular flexibility index (Phi) is 3.05. The maximum Gasteiger partial charge on any atom is 0.328 e. The van der Waals surface area contributed by atoms with Crippen LogP contribution in [0.2, 0.25) is 0 Å². The number of hydrogen-bond donors (Lipinski definition) is 2. The normalized spacial score (nSPS) is 14.8. The molecule has 0 aromatic carbocycles. The molecule has 5 nitrogen and oxygen atoms in total. The van der Waals surface area contributed by atoms with E-state index in [1.54, 1.807) is 12.3 Å². The Morgan fingerprint density at radius 1 is 1.62 bits per heavy atom. The molecule has 2 N–H and O–H groups in total. The lowest BCUT2D eigenvalue weighted by molar-refractivity contribution is -0.131. The lowest BCUT2D eigenvalue weighted by atomic mass is 10.2. The fraction of sp³-hybridized carbons (Fsp3) is 0.273. The first-order valence-corrected chi connectivity index (χ1v) is 5.03. The van der Waals surface area contributed by atoms with Crippen LogP contribution in [-0.2, 0) is 4.79 Å². The van der Waals surface area contributed by atoms with Crippen molar-refractivity contribution in [1.29, 1.82) is 0 Å². The van der Waals surface area contributed by atoms with Crippen molar-refractivity contribution in [3.8, 4) is 5.75 Å². The highest BCUT2D eigenvalue weighted by molar-refractivity contribution is 5.85. The van der Waals surface area contributed by atoms with Gasteiger partial charge in [0.05, 0.1) is 6.61 Å². The minimum atomic E-state index is -0.978. The van der Waals surface area contributed by atoms with E-state index < -0.39 is 5.97 Å². The molecule has 0 fully saturated rings. The predicted octanol–water partition coefficient (Wildman–Crippen LogP) is 1.37. The van der Waals surface area contributed by atoms with E-state index in [-0.39, 0.29) is 0 Å². The van der Waals surface area contributed by atoms with Crippen molar-refractivity contribution >= 4 is 17.9 Å². The van der Waals surface area contributed by atoms with Crippen molar-refractivity contribution in [2.75, 3.05) is 18.5 Å². The van der Waals surface area contributed by atoms with Crippen LogP contribution in [0.5, 0.6) is 5.75 Å². The highest BCUT2D eigenvalue weighted by atomic mass is 16.5. The third kappa shape index (κ3) is 2.50. The van der Waals surface area contributed by atoms with Gasteiger partial charge in [0.25, 0.3) is 0 Å². The van der Waals surface area contributed by atoms with Crippen LogP contribution in [-0.4, -0.2) is 29.2 Å². The van der Waals surface area contributed by atoms with Gasteiger partial charge in [0.1, 0.15) is 0 Å². The summed E-state index contributed by atoms with van der Waals surface area (Å²) < 4.78 is 5.49. The van der Waals surface area contributed by atoms with Gasteiger partial charge in [-0.2, -0.15) is 0 Å². The Hall–Kier alpha value is -2.04. The zero-order valence-electron chi connectivity index (χ0n) is 8.64. The molecule has 0 saturated carbocycles. The summed E-state index contributed by atoms with van der Waals surface area (Å²) in [5.41, 5.74) is 0.713. The maximum atomic E-state index is 10.4. The number of carbonyl (C=O) groups is 1. The van der Waals surface area contributed by atoms with E-state index in [1.807, 2.05) is 0 Å². The Morgan fingerprint density at radius 2 is 2.50 bits per heavy atom. The molecule has 1 aromatic rings. The average molecular weight is 220 g/mol. The van der Waals surface area contributed by atoms with Crippen LogP contribution in [0.25, 0.3) is 6.08 Å². The fourth-order valence-electron chi connectivity index (χ4n) is 1.42. The number of nitrogens with zero attached hydrogens (tertiary/aromatic N) is 1. The molecule has 16 heavy (non-hydrogen) atoms. The largest absolute Gasteiger partial charge is 0.490 e. The van der Waals surface area contributed by atoms with Crippen molar-refractivity contribution in [1.82, 2.24) is 4.98 Å². The molecule has 0 unspecified atom stereocenters. The molecular weight excluding hydrogens is 208 g/mol. The molecule has 2 heterocycles. The van der Waals surface area contributed by atoms with Gasteiger partial charge >= 0.3 is 5.97 Å². The molecule has 1 aliphatic rings. The molecule has 5 heteroatoms. The molecule has 1 aromatic heterocycles. The monoisotopic (exact) mass is 220 g/mol. The van der Waals surface area contributed by atoms with E-state index in [4.69, 9.17) is 9.84 Å². The minimum Gasteiger partial charge on any atom is -0.490 e. The Balaban J connectivity index is 2.24. The average Bonchev–Trinajstić information content (AvgIpc) is 2.50. The quantitative estimate of drug-likeness (QED) is 0.736. The lowest BCUT2D eigenvalue weighted by Crippen LogP contribution is -2.01. The number of fused-ring (bicyclic) bond motifs is 1. The van der Waals surface area contributed by atoms with E-state index in [2.05, 4.69) is 10.3 Å². The zero-order valence-corrected chi connectivity index (χ0v) is 8.64. The number of rotatable bonds is 2. The van der Waals surface area contributed by atoms with Crippen molar-refractivity contribution in [2.45, 2.75) is 6.42 Å². The summed E-state index contributed by atoms with van der Waals surface area (Å²) in [7, 11) is 0. The van der Waals surface area contributed by atoms with Crippen LogP contribution in [0.1, 0.15) is 12.0 Å². The minimum absolute atomic E-state index is 0.647. The van der Waals surface area contributed by atoms with Crippen LogP contribution in [0, 0.1) is 0 Å². The number of ether oxygens (including phenoxy) is 1. The van der Waals surface area contributed by atoms with Gasteiger partial charge in [-0.25, -0.2) is 9.78 Å². The van der Waals surface area contributed by atoms with Crippen LogP contribution in [0.3, 0.4) is 0 Å². The number of carboxylic acids is 1. The van der Waals surface area contributed by atoms with E-state index in [9.17, 15) is 4.79 Å². The number of pyridine rings is 1. The van der Waals surface area contributed by atoms with E-state index in [1.165, 1.54) is 6.08 Å². The maximum absolute atomic E-state index is 10.4. The number of aliphatic carboxylic acids is 1. The number of aromatic nitrogens is 1. The molecular formula is C11H12N2O3. The smallest absolute Gasteiger partial charge is 0.328 e. The van der Waals surface area contributed by atoms with Gasteiger partial charge < -0.3 is 15.2 Å². The number of nitrogens with one attached hydrogen (secondary N) is 1. The third-order valence-electron chi connectivity index (χ3n) is 2.16. The molecule has 0 saturated heterocycles. The summed E-state index contributed by atoms with van der Waals surface area (Å²) in [6, 6.07) is 1.78. The van der Waals surface area contributed by atoms with E-state index in [0.29, 0.717) is 23.7 Å². The molecule has 2 rings (SSSR count). The Morgan fingerprint density at radius 3 is 3.31 bits per heavy atom. The van der Waals surface area contributed by atoms with Crippen molar-refractivity contribution in [2.24, 2.45) is 0 Å². The van der Waals surface area contributed by atoms with Crippen LogP contribution >= 0.6 is 0 Å². The zero-order chi connectivity index (χ0) is 11.4. The second-order valence-electron chi connectivity index (χ2n) is 3.42. The van der Waals surface area contributed by atoms with Crippen LogP contribution in [0.4, 0.5) is 5.82 Å². The van der Waals surface area contributed by atoms with E-state index >= 15 is 0 Å². The fourth-order valence-corrected chi connectivity index (χ4v) is 1.42. The molecule has 0 amide bonds. The van der Waals surface area contributed by atoms with Gasteiger partial charge in [-0.1, -0.05) is 0 Å². The highest BCUT2D eigenvalue weighted by Gasteiger charge is 2.09. The number of carboxylic acid groups (broad SMARTS) is 1. The lowest BCUT2D eigenvalue weighted by Gasteiger charge is -2.06. The van der Waals surface area contributed by atoms with E-state index in [0.717, 1.165) is 19.0 Å². The summed E-state index contributed by atoms with van der Waals surface area (Å²) in [4.78, 5) is 14.5. The predicted molar refractivity (Wildman–Crippen MR) is 59.5 cm³/mol. The summed E-state index contributed by atoms with van der Waals surface area (Å²) in [6.07, 6.45) is 5.11. The second kappa shape index (κ2) is 4.65. The van der Waals surface area contributed by atoms with Gasteiger partial charge in [-0.05, 0) is 24.1 Å². The van der Waals surface area contributed by atoms with Gasteiger partial charge in [0, 0.05) is 18.8 Å². The molecule has 1 aliphatic heterocycles. The van der Waals surface area contributed by atoms with Gasteiger partial charge in [0.2, 0.25) is 0 Å². The molecule has 0 radical (unpaired) electrons. The first-order chi connectivity index (χ1) is 7.75. The summed E-state index contributed by atoms with van der Waals surface area (Å²) in [5, 5.41) is 11.6. The molecule has 0 atom stereocenters. The summed E-state index contributed by atoms with van der Waals surface area (Å²) >= 11 is 0. The van der Waals surface area contributed by atoms with Gasteiger partial charge in [0.15, 0.2) is 11.6 Å². The van der Waals surface area contributed by atoms with Crippen molar-refractivity contribution in [3.63, 3.8) is 0 Å². The van der Waals surface area contributed by atoms with Crippen LogP contribution < -0.4 is 10.1 Å². The van der Waals surface area contributed by atoms with Gasteiger partial charge in [-0.15, -0.1) is 0 Å². The SMILES string of the molecule is O=C(O)C=Cc1cnc2c(c1)OCCCN2. The van der Waals surface area contributed by atoms with Gasteiger partial charge in [-0.3, -0.25) is 0 Å². The molecule has 84 valence electrons. The standard InChI is InChI=1S/C11H12N2O3/c14-10(15)3-2-8-6-9-11(13-7-8)12-4-1-5-16-9/h2-3,6-7H,1,4-5H2,(H,12,13)(H,14,15).